The first kappa shape index (κ1) is 72.2. The highest BCUT2D eigenvalue weighted by molar-refractivity contribution is 5.71. The molecule has 0 fully saturated rings. The number of carbonyl (C=O) groups is 3. The summed E-state index contributed by atoms with van der Waals surface area (Å²) in [5.74, 6) is -0.844. The lowest BCUT2D eigenvalue weighted by atomic mass is 10.0. The zero-order chi connectivity index (χ0) is 53.6. The van der Waals surface area contributed by atoms with Crippen molar-refractivity contribution in [3.63, 3.8) is 0 Å². The lowest BCUT2D eigenvalue weighted by Crippen LogP contribution is -2.30. The number of unbranched alkanes of at least 4 members (excludes halogenated alkanes) is 50. The van der Waals surface area contributed by atoms with Gasteiger partial charge in [0.2, 0.25) is 0 Å². The largest absolute Gasteiger partial charge is 0.462 e. The molecule has 0 spiro atoms. The smallest absolute Gasteiger partial charge is 0.306 e. The van der Waals surface area contributed by atoms with Crippen LogP contribution in [0.4, 0.5) is 0 Å². The van der Waals surface area contributed by atoms with E-state index >= 15 is 0 Å². The van der Waals surface area contributed by atoms with Crippen LogP contribution in [-0.4, -0.2) is 37.2 Å². The Labute approximate surface area is 462 Å². The SMILES string of the molecule is CCCCC/C=C\CCCCCCCC(=O)OCC(COC(=O)CCCCCCCCCCCCCCCCCCCCCCCCCCCC)OC(=O)CCCCCCCCCCCCCCCCCCCC. The molecule has 0 rings (SSSR count). The lowest BCUT2D eigenvalue weighted by Gasteiger charge is -2.18. The van der Waals surface area contributed by atoms with Crippen LogP contribution in [0.25, 0.3) is 0 Å². The van der Waals surface area contributed by atoms with Crippen LogP contribution >= 0.6 is 0 Å². The molecule has 0 heterocycles. The zero-order valence-corrected chi connectivity index (χ0v) is 50.4. The topological polar surface area (TPSA) is 78.9 Å². The number of hydrogen-bond acceptors (Lipinski definition) is 6. The first-order valence-corrected chi connectivity index (χ1v) is 33.7. The van der Waals surface area contributed by atoms with E-state index in [0.717, 1.165) is 64.2 Å². The van der Waals surface area contributed by atoms with E-state index < -0.39 is 6.10 Å². The van der Waals surface area contributed by atoms with Crippen LogP contribution < -0.4 is 0 Å². The van der Waals surface area contributed by atoms with E-state index in [2.05, 4.69) is 32.9 Å². The third-order valence-corrected chi connectivity index (χ3v) is 15.5. The van der Waals surface area contributed by atoms with Gasteiger partial charge in [0.1, 0.15) is 13.2 Å². The molecule has 0 aromatic carbocycles. The normalized spacial score (nSPS) is 12.0. The number of carbonyl (C=O) groups excluding carboxylic acids is 3. The predicted molar refractivity (Wildman–Crippen MR) is 321 cm³/mol. The average molecular weight is 1040 g/mol. The molecule has 0 bridgehead atoms. The number of rotatable bonds is 63. The van der Waals surface area contributed by atoms with Crippen molar-refractivity contribution in [2.75, 3.05) is 13.2 Å². The van der Waals surface area contributed by atoms with Gasteiger partial charge in [-0.05, 0) is 44.9 Å². The quantitative estimate of drug-likeness (QED) is 0.0261. The van der Waals surface area contributed by atoms with E-state index in [4.69, 9.17) is 14.2 Å². The highest BCUT2D eigenvalue weighted by Gasteiger charge is 2.19. The maximum atomic E-state index is 12.9. The second kappa shape index (κ2) is 63.7. The van der Waals surface area contributed by atoms with Crippen LogP contribution in [0, 0.1) is 0 Å². The van der Waals surface area contributed by atoms with Crippen molar-refractivity contribution in [2.24, 2.45) is 0 Å². The van der Waals surface area contributed by atoms with E-state index in [1.54, 1.807) is 0 Å². The highest BCUT2D eigenvalue weighted by atomic mass is 16.6. The summed E-state index contributed by atoms with van der Waals surface area (Å²) >= 11 is 0. The summed E-state index contributed by atoms with van der Waals surface area (Å²) in [6, 6.07) is 0. The van der Waals surface area contributed by atoms with Crippen LogP contribution in [0.5, 0.6) is 0 Å². The average Bonchev–Trinajstić information content (AvgIpc) is 3.40. The van der Waals surface area contributed by atoms with E-state index in [1.165, 1.54) is 283 Å². The summed E-state index contributed by atoms with van der Waals surface area (Å²) in [5, 5.41) is 0. The van der Waals surface area contributed by atoms with Crippen LogP contribution in [0.1, 0.15) is 387 Å². The van der Waals surface area contributed by atoms with Crippen molar-refractivity contribution >= 4 is 17.9 Å². The van der Waals surface area contributed by atoms with E-state index in [1.807, 2.05) is 0 Å². The van der Waals surface area contributed by atoms with Gasteiger partial charge >= 0.3 is 17.9 Å². The van der Waals surface area contributed by atoms with Crippen molar-refractivity contribution in [1.29, 1.82) is 0 Å². The second-order valence-corrected chi connectivity index (χ2v) is 23.1. The van der Waals surface area contributed by atoms with Gasteiger partial charge in [0.25, 0.3) is 0 Å². The van der Waals surface area contributed by atoms with Gasteiger partial charge in [-0.1, -0.05) is 335 Å². The molecule has 0 N–H and O–H groups in total. The van der Waals surface area contributed by atoms with Crippen molar-refractivity contribution in [2.45, 2.75) is 393 Å². The van der Waals surface area contributed by atoms with E-state index in [0.29, 0.717) is 19.3 Å². The van der Waals surface area contributed by atoms with Crippen molar-refractivity contribution in [3.8, 4) is 0 Å². The molecule has 0 saturated carbocycles. The van der Waals surface area contributed by atoms with Gasteiger partial charge in [-0.25, -0.2) is 0 Å². The number of allylic oxidation sites excluding steroid dienone is 2. The van der Waals surface area contributed by atoms with Crippen LogP contribution in [0.15, 0.2) is 12.2 Å². The summed E-state index contributed by atoms with van der Waals surface area (Å²) in [5.41, 5.74) is 0. The number of esters is 3. The second-order valence-electron chi connectivity index (χ2n) is 23.1. The first-order chi connectivity index (χ1) is 36.5. The predicted octanol–water partition coefficient (Wildman–Crippen LogP) is 22.8. The Kier molecular flexibility index (Phi) is 62.1. The fourth-order valence-corrected chi connectivity index (χ4v) is 10.4. The molecule has 6 nitrogen and oxygen atoms in total. The third-order valence-electron chi connectivity index (χ3n) is 15.5. The summed E-state index contributed by atoms with van der Waals surface area (Å²) in [6.07, 6.45) is 75.3. The Balaban J connectivity index is 4.17. The van der Waals surface area contributed by atoms with Gasteiger partial charge in [-0.3, -0.25) is 14.4 Å². The van der Waals surface area contributed by atoms with Crippen molar-refractivity contribution in [3.05, 3.63) is 12.2 Å². The monoisotopic (exact) mass is 1040 g/mol. The molecule has 0 aliphatic heterocycles. The van der Waals surface area contributed by atoms with Gasteiger partial charge in [0.05, 0.1) is 0 Å². The highest BCUT2D eigenvalue weighted by Crippen LogP contribution is 2.19. The van der Waals surface area contributed by atoms with Crippen LogP contribution in [0.2, 0.25) is 0 Å². The Bertz CT molecular complexity index is 1150. The maximum Gasteiger partial charge on any atom is 0.306 e. The maximum absolute atomic E-state index is 12.9. The van der Waals surface area contributed by atoms with Crippen LogP contribution in [0.3, 0.4) is 0 Å². The molecule has 0 aromatic heterocycles. The molecule has 74 heavy (non-hydrogen) atoms. The summed E-state index contributed by atoms with van der Waals surface area (Å²) in [6.45, 7) is 6.69. The third kappa shape index (κ3) is 61.0. The molecule has 0 aliphatic carbocycles. The first-order valence-electron chi connectivity index (χ1n) is 33.7. The Hall–Kier alpha value is -1.85. The van der Waals surface area contributed by atoms with Gasteiger partial charge in [-0.15, -0.1) is 0 Å². The fourth-order valence-electron chi connectivity index (χ4n) is 10.4. The lowest BCUT2D eigenvalue weighted by molar-refractivity contribution is -0.167. The van der Waals surface area contributed by atoms with E-state index in [9.17, 15) is 14.4 Å². The molecule has 0 saturated heterocycles. The molecule has 1 atom stereocenters. The molecule has 438 valence electrons. The summed E-state index contributed by atoms with van der Waals surface area (Å²) in [4.78, 5) is 38.3. The zero-order valence-electron chi connectivity index (χ0n) is 50.4. The Morgan fingerprint density at radius 2 is 0.446 bits per heavy atom. The molecule has 0 aromatic rings. The van der Waals surface area contributed by atoms with Crippen LogP contribution in [-0.2, 0) is 28.6 Å². The molecular formula is C68H130O6. The standard InChI is InChI=1S/C68H130O6/c1-4-7-10-13-16-19-22-25-27-29-31-32-33-34-35-36-37-38-40-41-43-46-49-52-55-58-61-67(70)73-64-65(63-72-66(69)60-57-54-51-48-45-24-21-18-15-12-9-6-3)74-68(71)62-59-56-53-50-47-44-42-39-30-28-26-23-20-17-14-11-8-5-2/h18,21,65H,4-17,19-20,22-64H2,1-3H3/b21-18-. The van der Waals surface area contributed by atoms with Gasteiger partial charge < -0.3 is 14.2 Å². The number of hydrogen-bond donors (Lipinski definition) is 0. The molecule has 0 radical (unpaired) electrons. The summed E-state index contributed by atoms with van der Waals surface area (Å²) < 4.78 is 16.9. The molecular weight excluding hydrogens is 913 g/mol. The Morgan fingerprint density at radius 1 is 0.257 bits per heavy atom. The molecule has 6 heteroatoms. The van der Waals surface area contributed by atoms with Gasteiger partial charge in [-0.2, -0.15) is 0 Å². The minimum atomic E-state index is -0.769. The van der Waals surface area contributed by atoms with Gasteiger partial charge in [0, 0.05) is 19.3 Å². The van der Waals surface area contributed by atoms with E-state index in [-0.39, 0.29) is 31.1 Å². The summed E-state index contributed by atoms with van der Waals surface area (Å²) in [7, 11) is 0. The molecule has 1 unspecified atom stereocenters. The minimum absolute atomic E-state index is 0.0660. The minimum Gasteiger partial charge on any atom is -0.462 e. The molecule has 0 aliphatic rings. The fraction of sp³-hybridized carbons (Fsp3) is 0.926. The van der Waals surface area contributed by atoms with Crippen molar-refractivity contribution < 1.29 is 28.6 Å². The van der Waals surface area contributed by atoms with Gasteiger partial charge in [0.15, 0.2) is 6.10 Å². The van der Waals surface area contributed by atoms with Crippen molar-refractivity contribution in [1.82, 2.24) is 0 Å². The number of ether oxygens (including phenoxy) is 3. The molecule has 0 amide bonds. The Morgan fingerprint density at radius 3 is 0.703 bits per heavy atom.